The molecule has 0 aliphatic heterocycles. The van der Waals surface area contributed by atoms with Gasteiger partial charge < -0.3 is 0 Å². The van der Waals surface area contributed by atoms with Gasteiger partial charge in [-0.15, -0.1) is 0 Å². The fourth-order valence-corrected chi connectivity index (χ4v) is 1.55. The summed E-state index contributed by atoms with van der Waals surface area (Å²) < 4.78 is 38.0. The van der Waals surface area contributed by atoms with Gasteiger partial charge in [-0.05, 0) is 30.2 Å². The first-order chi connectivity index (χ1) is 7.40. The Morgan fingerprint density at radius 3 is 2.31 bits per heavy atom. The molecule has 0 aliphatic carbocycles. The van der Waals surface area contributed by atoms with Gasteiger partial charge in [0.05, 0.1) is 29.7 Å². The number of nitrogens with zero attached hydrogens (tertiary/aromatic N) is 2. The van der Waals surface area contributed by atoms with Gasteiger partial charge in [0.25, 0.3) is 0 Å². The van der Waals surface area contributed by atoms with Gasteiger partial charge in [0, 0.05) is 0 Å². The van der Waals surface area contributed by atoms with Crippen LogP contribution in [-0.4, -0.2) is 0 Å². The number of alkyl halides is 3. The summed E-state index contributed by atoms with van der Waals surface area (Å²) in [5.74, 6) is 0. The van der Waals surface area contributed by atoms with Crippen molar-refractivity contribution in [1.82, 2.24) is 0 Å². The van der Waals surface area contributed by atoms with Crippen LogP contribution in [-0.2, 0) is 12.6 Å². The molecule has 0 spiro atoms. The molecule has 0 saturated carbocycles. The summed E-state index contributed by atoms with van der Waals surface area (Å²) in [6.07, 6.45) is -4.85. The van der Waals surface area contributed by atoms with Crippen molar-refractivity contribution < 1.29 is 13.2 Å². The molecule has 0 radical (unpaired) electrons. The number of rotatable bonds is 1. The zero-order valence-electron chi connectivity index (χ0n) is 8.39. The van der Waals surface area contributed by atoms with Crippen LogP contribution in [0.25, 0.3) is 0 Å². The summed E-state index contributed by atoms with van der Waals surface area (Å²) in [6, 6.07) is 5.71. The van der Waals surface area contributed by atoms with E-state index in [0.29, 0.717) is 0 Å². The third kappa shape index (κ3) is 2.32. The lowest BCUT2D eigenvalue weighted by atomic mass is 9.96. The Labute approximate surface area is 90.5 Å². The Morgan fingerprint density at radius 1 is 1.25 bits per heavy atom. The third-order valence-corrected chi connectivity index (χ3v) is 2.10. The molecule has 0 fully saturated rings. The molecule has 2 nitrogen and oxygen atoms in total. The second-order valence-electron chi connectivity index (χ2n) is 3.27. The normalized spacial score (nSPS) is 10.6. The molecule has 0 atom stereocenters. The molecule has 0 heterocycles. The lowest BCUT2D eigenvalue weighted by Crippen LogP contribution is -2.12. The summed E-state index contributed by atoms with van der Waals surface area (Å²) in [7, 11) is 0. The molecule has 1 aromatic carbocycles. The van der Waals surface area contributed by atoms with Crippen LogP contribution < -0.4 is 0 Å². The van der Waals surface area contributed by atoms with Crippen molar-refractivity contribution in [2.24, 2.45) is 0 Å². The van der Waals surface area contributed by atoms with E-state index in [0.717, 1.165) is 6.07 Å². The predicted octanol–water partition coefficient (Wildman–Crippen LogP) is 2.95. The van der Waals surface area contributed by atoms with Crippen LogP contribution in [0.5, 0.6) is 0 Å². The molecule has 0 aromatic heterocycles. The maximum Gasteiger partial charge on any atom is 0.416 e. The predicted molar refractivity (Wildman–Crippen MR) is 50.2 cm³/mol. The zero-order valence-corrected chi connectivity index (χ0v) is 8.39. The minimum Gasteiger partial charge on any atom is -0.198 e. The van der Waals surface area contributed by atoms with Crippen molar-refractivity contribution in [2.75, 3.05) is 0 Å². The minimum absolute atomic E-state index is 0.0307. The van der Waals surface area contributed by atoms with Crippen molar-refractivity contribution in [3.05, 3.63) is 34.4 Å². The van der Waals surface area contributed by atoms with Crippen LogP contribution in [0.1, 0.15) is 22.3 Å². The summed E-state index contributed by atoms with van der Waals surface area (Å²) in [6.45, 7) is 1.28. The molecule has 82 valence electrons. The van der Waals surface area contributed by atoms with Crippen LogP contribution >= 0.6 is 0 Å². The van der Waals surface area contributed by atoms with Crippen LogP contribution in [0.15, 0.2) is 12.1 Å². The summed E-state index contributed by atoms with van der Waals surface area (Å²) >= 11 is 0. The smallest absolute Gasteiger partial charge is 0.198 e. The molecule has 0 N–H and O–H groups in total. The third-order valence-electron chi connectivity index (χ3n) is 2.10. The van der Waals surface area contributed by atoms with E-state index in [2.05, 4.69) is 0 Å². The Hall–Kier alpha value is -2.01. The van der Waals surface area contributed by atoms with E-state index in [4.69, 9.17) is 10.5 Å². The van der Waals surface area contributed by atoms with Gasteiger partial charge in [0.15, 0.2) is 0 Å². The van der Waals surface area contributed by atoms with E-state index in [1.54, 1.807) is 12.1 Å². The number of nitriles is 2. The lowest BCUT2D eigenvalue weighted by molar-refractivity contribution is -0.138. The molecular formula is C11H7F3N2. The monoisotopic (exact) mass is 224 g/mol. The van der Waals surface area contributed by atoms with Gasteiger partial charge in [-0.1, -0.05) is 0 Å². The van der Waals surface area contributed by atoms with E-state index < -0.39 is 11.7 Å². The number of aryl methyl sites for hydroxylation is 1. The van der Waals surface area contributed by atoms with Gasteiger partial charge >= 0.3 is 6.18 Å². The fraction of sp³-hybridized carbons (Fsp3) is 0.273. The summed E-state index contributed by atoms with van der Waals surface area (Å²) in [4.78, 5) is 0. The highest BCUT2D eigenvalue weighted by atomic mass is 19.4. The van der Waals surface area contributed by atoms with Crippen molar-refractivity contribution in [3.8, 4) is 12.1 Å². The molecule has 0 bridgehead atoms. The van der Waals surface area contributed by atoms with E-state index >= 15 is 0 Å². The molecule has 1 aromatic rings. The second kappa shape index (κ2) is 4.24. The largest absolute Gasteiger partial charge is 0.416 e. The van der Waals surface area contributed by atoms with E-state index in [1.165, 1.54) is 13.0 Å². The number of halogens is 3. The molecule has 0 saturated heterocycles. The van der Waals surface area contributed by atoms with E-state index in [9.17, 15) is 13.2 Å². The molecule has 1 rings (SSSR count). The quantitative estimate of drug-likeness (QED) is 0.736. The van der Waals surface area contributed by atoms with Gasteiger partial charge in [-0.3, -0.25) is 0 Å². The molecule has 0 amide bonds. The van der Waals surface area contributed by atoms with Crippen molar-refractivity contribution in [1.29, 1.82) is 10.5 Å². The molecule has 0 aliphatic rings. The second-order valence-corrected chi connectivity index (χ2v) is 3.27. The van der Waals surface area contributed by atoms with Gasteiger partial charge in [-0.2, -0.15) is 23.7 Å². The number of hydrogen-bond acceptors (Lipinski definition) is 2. The Balaban J connectivity index is 3.49. The summed E-state index contributed by atoms with van der Waals surface area (Å²) in [5.41, 5.74) is -0.854. The van der Waals surface area contributed by atoms with Crippen LogP contribution in [0, 0.1) is 29.6 Å². The fourth-order valence-electron chi connectivity index (χ4n) is 1.55. The van der Waals surface area contributed by atoms with Crippen molar-refractivity contribution in [3.63, 3.8) is 0 Å². The highest BCUT2D eigenvalue weighted by molar-refractivity contribution is 5.45. The average molecular weight is 224 g/mol. The zero-order chi connectivity index (χ0) is 12.3. The number of benzene rings is 1. The van der Waals surface area contributed by atoms with Gasteiger partial charge in [-0.25, -0.2) is 0 Å². The Morgan fingerprint density at radius 2 is 1.88 bits per heavy atom. The number of hydrogen-bond donors (Lipinski definition) is 0. The highest BCUT2D eigenvalue weighted by Crippen LogP contribution is 2.35. The standard InChI is InChI=1S/C11H7F3N2/c1-7-4-8(6-16)5-9(2-3-15)10(7)11(12,13)14/h4-5H,2H2,1H3. The first-order valence-corrected chi connectivity index (χ1v) is 4.38. The van der Waals surface area contributed by atoms with E-state index in [1.807, 2.05) is 0 Å². The summed E-state index contributed by atoms with van der Waals surface area (Å²) in [5, 5.41) is 17.1. The van der Waals surface area contributed by atoms with Gasteiger partial charge in [0.2, 0.25) is 0 Å². The maximum absolute atomic E-state index is 12.7. The van der Waals surface area contributed by atoms with Crippen molar-refractivity contribution >= 4 is 0 Å². The van der Waals surface area contributed by atoms with Crippen LogP contribution in [0.4, 0.5) is 13.2 Å². The Bertz CT molecular complexity index is 490. The van der Waals surface area contributed by atoms with Crippen LogP contribution in [0.3, 0.4) is 0 Å². The molecule has 16 heavy (non-hydrogen) atoms. The first-order valence-electron chi connectivity index (χ1n) is 4.38. The lowest BCUT2D eigenvalue weighted by Gasteiger charge is -2.14. The van der Waals surface area contributed by atoms with Crippen LogP contribution in [0.2, 0.25) is 0 Å². The van der Waals surface area contributed by atoms with Crippen molar-refractivity contribution in [2.45, 2.75) is 19.5 Å². The molecule has 5 heteroatoms. The maximum atomic E-state index is 12.7. The molecular weight excluding hydrogens is 217 g/mol. The SMILES string of the molecule is Cc1cc(C#N)cc(CC#N)c1C(F)(F)F. The first kappa shape index (κ1) is 12.1. The highest BCUT2D eigenvalue weighted by Gasteiger charge is 2.35. The van der Waals surface area contributed by atoms with E-state index in [-0.39, 0.29) is 23.1 Å². The molecule has 0 unspecified atom stereocenters. The minimum atomic E-state index is -4.50. The topological polar surface area (TPSA) is 47.6 Å². The van der Waals surface area contributed by atoms with Gasteiger partial charge in [0.1, 0.15) is 0 Å². The Kier molecular flexibility index (Phi) is 3.20. The average Bonchev–Trinajstić information content (AvgIpc) is 2.15.